The van der Waals surface area contributed by atoms with Crippen LogP contribution >= 0.6 is 0 Å². The van der Waals surface area contributed by atoms with Crippen LogP contribution in [0.5, 0.6) is 5.75 Å². The van der Waals surface area contributed by atoms with Gasteiger partial charge in [-0.15, -0.1) is 0 Å². The van der Waals surface area contributed by atoms with Crippen molar-refractivity contribution in [3.05, 3.63) is 58.5 Å². The molecule has 0 unspecified atom stereocenters. The van der Waals surface area contributed by atoms with E-state index in [0.717, 1.165) is 11.1 Å². The third-order valence-corrected chi connectivity index (χ3v) is 2.61. The first-order valence-electron chi connectivity index (χ1n) is 5.66. The molecule has 0 fully saturated rings. The summed E-state index contributed by atoms with van der Waals surface area (Å²) in [5.74, 6) is -0.0611. The molecule has 2 N–H and O–H groups in total. The summed E-state index contributed by atoms with van der Waals surface area (Å²) >= 11 is 0. The number of benzene rings is 2. The summed E-state index contributed by atoms with van der Waals surface area (Å²) in [6.07, 6.45) is 1.57. The molecule has 5 heteroatoms. The van der Waals surface area contributed by atoms with Crippen molar-refractivity contribution in [1.29, 1.82) is 0 Å². The molecule has 2 rings (SSSR count). The van der Waals surface area contributed by atoms with Gasteiger partial charge < -0.3 is 5.11 Å². The Bertz CT molecular complexity index is 634. The number of nitrogens with zero attached hydrogens (tertiary/aromatic N) is 2. The first-order chi connectivity index (χ1) is 9.06. The standard InChI is InChI=1S/C14H12N2O3/c1-10-2-4-11(5-3-10)9-15-13-8-12(16(18)19)6-7-14(13)17/h2-9H,1H3,(H-,17,18,19)/p+1/b15-9+. The molecule has 0 saturated heterocycles. The minimum Gasteiger partial charge on any atom is -0.506 e. The van der Waals surface area contributed by atoms with Crippen LogP contribution in [0.3, 0.4) is 0 Å². The van der Waals surface area contributed by atoms with Crippen molar-refractivity contribution in [3.8, 4) is 5.75 Å². The number of aryl methyl sites for hydroxylation is 1. The largest absolute Gasteiger partial charge is 0.506 e. The summed E-state index contributed by atoms with van der Waals surface area (Å²) in [6.45, 7) is 1.99. The molecule has 19 heavy (non-hydrogen) atoms. The van der Waals surface area contributed by atoms with Gasteiger partial charge in [0.15, 0.2) is 0 Å². The van der Waals surface area contributed by atoms with E-state index in [1.54, 1.807) is 6.21 Å². The van der Waals surface area contributed by atoms with Crippen molar-refractivity contribution < 1.29 is 15.2 Å². The Kier molecular flexibility index (Phi) is 3.56. The fourth-order valence-electron chi connectivity index (χ4n) is 1.53. The Morgan fingerprint density at radius 2 is 1.84 bits per heavy atom. The molecule has 0 amide bonds. The average molecular weight is 257 g/mol. The second-order valence-electron chi connectivity index (χ2n) is 4.11. The Morgan fingerprint density at radius 1 is 1.16 bits per heavy atom. The van der Waals surface area contributed by atoms with Crippen LogP contribution in [0.1, 0.15) is 11.1 Å². The Hall–Kier alpha value is -2.69. The normalized spacial score (nSPS) is 10.8. The van der Waals surface area contributed by atoms with Gasteiger partial charge in [-0.2, -0.15) is 0 Å². The van der Waals surface area contributed by atoms with Crippen LogP contribution in [-0.2, 0) is 0 Å². The lowest BCUT2D eigenvalue weighted by molar-refractivity contribution is -0.729. The van der Waals surface area contributed by atoms with Crippen LogP contribution in [0, 0.1) is 11.8 Å². The lowest BCUT2D eigenvalue weighted by atomic mass is 10.2. The van der Waals surface area contributed by atoms with Crippen molar-refractivity contribution in [1.82, 2.24) is 0 Å². The number of rotatable bonds is 3. The van der Waals surface area contributed by atoms with Crippen LogP contribution < -0.4 is 0 Å². The monoisotopic (exact) mass is 257 g/mol. The van der Waals surface area contributed by atoms with Crippen LogP contribution in [0.25, 0.3) is 0 Å². The van der Waals surface area contributed by atoms with Crippen molar-refractivity contribution in [3.63, 3.8) is 0 Å². The number of hydrogen-bond donors (Lipinski definition) is 2. The third-order valence-electron chi connectivity index (χ3n) is 2.61. The first-order valence-corrected chi connectivity index (χ1v) is 5.66. The molecule has 2 aromatic rings. The first kappa shape index (κ1) is 12.8. The maximum atomic E-state index is 10.8. The minimum atomic E-state index is -0.273. The fourth-order valence-corrected chi connectivity index (χ4v) is 1.53. The number of hydrogen-bond acceptors (Lipinski definition) is 3. The Morgan fingerprint density at radius 3 is 2.47 bits per heavy atom. The molecule has 0 spiro atoms. The van der Waals surface area contributed by atoms with Crippen molar-refractivity contribution in [2.24, 2.45) is 4.99 Å². The zero-order valence-electron chi connectivity index (χ0n) is 10.3. The van der Waals surface area contributed by atoms with E-state index >= 15 is 0 Å². The van der Waals surface area contributed by atoms with Crippen molar-refractivity contribution in [2.75, 3.05) is 0 Å². The van der Waals surface area contributed by atoms with Gasteiger partial charge in [0.25, 0.3) is 4.92 Å². The lowest BCUT2D eigenvalue weighted by Gasteiger charge is -1.98. The second kappa shape index (κ2) is 5.30. The number of aliphatic imine (C=N–C) groups is 1. The van der Waals surface area contributed by atoms with Crippen LogP contribution in [0.15, 0.2) is 47.5 Å². The quantitative estimate of drug-likeness (QED) is 0.654. The van der Waals surface area contributed by atoms with E-state index in [1.165, 1.54) is 18.2 Å². The summed E-state index contributed by atoms with van der Waals surface area (Å²) in [5.41, 5.74) is 2.24. The molecule has 0 bridgehead atoms. The van der Waals surface area contributed by atoms with Gasteiger partial charge in [-0.3, -0.25) is 4.99 Å². The maximum Gasteiger partial charge on any atom is 0.319 e. The SMILES string of the molecule is Cc1ccc(/C=N/c2cc([N+](=O)O)ccc2O)cc1. The minimum absolute atomic E-state index is 0.00820. The smallest absolute Gasteiger partial charge is 0.319 e. The molecule has 2 aromatic carbocycles. The van der Waals surface area contributed by atoms with Gasteiger partial charge in [-0.05, 0) is 18.6 Å². The van der Waals surface area contributed by atoms with Gasteiger partial charge in [0.2, 0.25) is 0 Å². The van der Waals surface area contributed by atoms with Gasteiger partial charge in [0.1, 0.15) is 11.4 Å². The Balaban J connectivity index is 2.29. The van der Waals surface area contributed by atoms with E-state index in [2.05, 4.69) is 4.99 Å². The molecule has 0 radical (unpaired) electrons. The zero-order chi connectivity index (χ0) is 13.8. The molecule has 0 heterocycles. The summed E-state index contributed by atoms with van der Waals surface area (Å²) in [5, 5.41) is 18.4. The lowest BCUT2D eigenvalue weighted by Crippen LogP contribution is -1.90. The van der Waals surface area contributed by atoms with Crippen molar-refractivity contribution in [2.45, 2.75) is 6.92 Å². The number of phenolic OH excluding ortho intramolecular Hbond substituents is 1. The molecule has 5 nitrogen and oxygen atoms in total. The molecule has 0 atom stereocenters. The highest BCUT2D eigenvalue weighted by molar-refractivity contribution is 5.83. The average Bonchev–Trinajstić information content (AvgIpc) is 2.39. The fraction of sp³-hybridized carbons (Fsp3) is 0.0714. The van der Waals surface area contributed by atoms with Crippen LogP contribution in [0.4, 0.5) is 11.4 Å². The van der Waals surface area contributed by atoms with Gasteiger partial charge in [0.05, 0.1) is 4.91 Å². The van der Waals surface area contributed by atoms with E-state index < -0.39 is 0 Å². The van der Waals surface area contributed by atoms with Crippen molar-refractivity contribution >= 4 is 17.6 Å². The summed E-state index contributed by atoms with van der Waals surface area (Å²) in [7, 11) is 0. The van der Waals surface area contributed by atoms with Gasteiger partial charge >= 0.3 is 5.69 Å². The maximum absolute atomic E-state index is 10.8. The van der Waals surface area contributed by atoms with E-state index in [1.807, 2.05) is 31.2 Å². The Labute approximate surface area is 110 Å². The predicted octanol–water partition coefficient (Wildman–Crippen LogP) is 3.25. The molecular formula is C14H13N2O3+. The van der Waals surface area contributed by atoms with Crippen LogP contribution in [-0.4, -0.2) is 21.5 Å². The highest BCUT2D eigenvalue weighted by Crippen LogP contribution is 2.30. The molecule has 0 aliphatic heterocycles. The highest BCUT2D eigenvalue weighted by atomic mass is 16.6. The highest BCUT2D eigenvalue weighted by Gasteiger charge is 2.13. The molecule has 0 aromatic heterocycles. The molecular weight excluding hydrogens is 244 g/mol. The number of phenols is 1. The number of aromatic hydroxyl groups is 1. The third kappa shape index (κ3) is 3.16. The summed E-state index contributed by atoms with van der Waals surface area (Å²) in [4.78, 5) is 14.6. The van der Waals surface area contributed by atoms with E-state index in [-0.39, 0.29) is 22.0 Å². The van der Waals surface area contributed by atoms with E-state index in [9.17, 15) is 10.0 Å². The molecule has 0 aliphatic carbocycles. The summed E-state index contributed by atoms with van der Waals surface area (Å²) < 4.78 is 0. The molecule has 96 valence electrons. The van der Waals surface area contributed by atoms with E-state index in [4.69, 9.17) is 5.21 Å². The molecule has 0 aliphatic rings. The second-order valence-corrected chi connectivity index (χ2v) is 4.11. The summed E-state index contributed by atoms with van der Waals surface area (Å²) in [6, 6.07) is 11.6. The zero-order valence-corrected chi connectivity index (χ0v) is 10.3. The molecule has 0 saturated carbocycles. The van der Waals surface area contributed by atoms with Gasteiger partial charge in [0, 0.05) is 18.3 Å². The van der Waals surface area contributed by atoms with Gasteiger partial charge in [-0.25, -0.2) is 5.21 Å². The van der Waals surface area contributed by atoms with Crippen LogP contribution in [0.2, 0.25) is 0 Å². The topological polar surface area (TPSA) is 72.9 Å². The van der Waals surface area contributed by atoms with Gasteiger partial charge in [-0.1, -0.05) is 29.8 Å². The van der Waals surface area contributed by atoms with E-state index in [0.29, 0.717) is 0 Å². The predicted molar refractivity (Wildman–Crippen MR) is 71.6 cm³/mol.